The molecule has 1 aromatic heterocycles. The average molecular weight is 396 g/mol. The maximum Gasteiger partial charge on any atom is 0.290 e. The van der Waals surface area contributed by atoms with Gasteiger partial charge >= 0.3 is 0 Å². The first kappa shape index (κ1) is 18.7. The highest BCUT2D eigenvalue weighted by Crippen LogP contribution is 2.39. The number of methoxy groups -OCH3 is 1. The molecule has 2 aliphatic heterocycles. The molecule has 0 amide bonds. The summed E-state index contributed by atoms with van der Waals surface area (Å²) in [4.78, 5) is 12.9. The third kappa shape index (κ3) is 3.56. The molecule has 0 radical (unpaired) electrons. The quantitative estimate of drug-likeness (QED) is 0.680. The summed E-state index contributed by atoms with van der Waals surface area (Å²) < 4.78 is 24.5. The molecule has 29 heavy (non-hydrogen) atoms. The van der Waals surface area contributed by atoms with Crippen LogP contribution in [-0.4, -0.2) is 41.6 Å². The highest BCUT2D eigenvalue weighted by molar-refractivity contribution is 5.62. The first-order chi connectivity index (χ1) is 14.2. The van der Waals surface area contributed by atoms with Gasteiger partial charge in [0.25, 0.3) is 6.47 Å². The van der Waals surface area contributed by atoms with Crippen molar-refractivity contribution >= 4 is 6.47 Å². The Morgan fingerprint density at radius 2 is 2.03 bits per heavy atom. The van der Waals surface area contributed by atoms with Gasteiger partial charge in [0.2, 0.25) is 6.79 Å². The molecule has 0 aliphatic carbocycles. The van der Waals surface area contributed by atoms with E-state index in [2.05, 4.69) is 15.6 Å². The lowest BCUT2D eigenvalue weighted by Crippen LogP contribution is -2.24. The fraction of sp³-hybridized carbons (Fsp3) is 0.238. The molecule has 1 N–H and O–H groups in total. The van der Waals surface area contributed by atoms with Crippen molar-refractivity contribution < 1.29 is 28.8 Å². The second-order valence-corrected chi connectivity index (χ2v) is 6.45. The van der Waals surface area contributed by atoms with Crippen LogP contribution in [0, 0.1) is 0 Å². The Morgan fingerprint density at radius 3 is 2.86 bits per heavy atom. The van der Waals surface area contributed by atoms with Crippen LogP contribution in [0.5, 0.6) is 23.0 Å². The van der Waals surface area contributed by atoms with Crippen LogP contribution in [0.25, 0.3) is 11.4 Å². The van der Waals surface area contributed by atoms with E-state index in [0.717, 1.165) is 46.4 Å². The minimum Gasteiger partial charge on any atom is -0.493 e. The molecule has 0 fully saturated rings. The molecular formula is C21H20N2O6. The largest absolute Gasteiger partial charge is 0.493 e. The lowest BCUT2D eigenvalue weighted by atomic mass is 10.0. The van der Waals surface area contributed by atoms with Gasteiger partial charge in [-0.05, 0) is 24.3 Å². The highest BCUT2D eigenvalue weighted by atomic mass is 16.7. The van der Waals surface area contributed by atoms with Crippen molar-refractivity contribution in [2.24, 2.45) is 0 Å². The zero-order chi connectivity index (χ0) is 20.2. The molecule has 3 heterocycles. The zero-order valence-electron chi connectivity index (χ0n) is 15.8. The molecule has 0 spiro atoms. The van der Waals surface area contributed by atoms with E-state index >= 15 is 0 Å². The van der Waals surface area contributed by atoms with E-state index in [1.165, 1.54) is 0 Å². The Labute approximate surface area is 167 Å². The van der Waals surface area contributed by atoms with E-state index in [9.17, 15) is 0 Å². The number of benzene rings is 2. The number of carboxylic acid groups (broad SMARTS) is 1. The summed E-state index contributed by atoms with van der Waals surface area (Å²) in [7, 11) is 1.67. The van der Waals surface area contributed by atoms with Crippen molar-refractivity contribution in [3.63, 3.8) is 0 Å². The number of rotatable bonds is 3. The van der Waals surface area contributed by atoms with Crippen molar-refractivity contribution in [1.82, 2.24) is 9.55 Å². The number of fused-ring (bicyclic) bond motifs is 2. The van der Waals surface area contributed by atoms with Crippen molar-refractivity contribution in [2.45, 2.75) is 12.5 Å². The molecule has 3 aromatic rings. The lowest BCUT2D eigenvalue weighted by molar-refractivity contribution is -0.122. The molecule has 2 aromatic carbocycles. The topological polar surface area (TPSA) is 92.0 Å². The smallest absolute Gasteiger partial charge is 0.290 e. The molecule has 150 valence electrons. The standard InChI is InChI=1S/C20H18N2O4.CH2O2/c1-23-17-4-2-3-13-9-15(11-24-19(13)17)22-8-7-21-20(22)14-5-6-16-18(10-14)26-12-25-16;2-1-3/h2-8,10,15H,9,11-12H2,1H3;1H,(H,2,3). The average Bonchev–Trinajstić information content (AvgIpc) is 3.42. The van der Waals surface area contributed by atoms with Crippen LogP contribution in [0.15, 0.2) is 48.8 Å². The summed E-state index contributed by atoms with van der Waals surface area (Å²) in [5, 5.41) is 6.89. The summed E-state index contributed by atoms with van der Waals surface area (Å²) in [6, 6.07) is 12.1. The molecule has 8 nitrogen and oxygen atoms in total. The molecule has 1 atom stereocenters. The number of imidazole rings is 1. The van der Waals surface area contributed by atoms with Crippen LogP contribution in [0.3, 0.4) is 0 Å². The van der Waals surface area contributed by atoms with Crippen LogP contribution in [-0.2, 0) is 11.2 Å². The van der Waals surface area contributed by atoms with E-state index < -0.39 is 0 Å². The Hall–Kier alpha value is -3.68. The zero-order valence-corrected chi connectivity index (χ0v) is 15.8. The monoisotopic (exact) mass is 396 g/mol. The van der Waals surface area contributed by atoms with Gasteiger partial charge in [-0.3, -0.25) is 4.79 Å². The number of nitrogens with zero attached hydrogens (tertiary/aromatic N) is 2. The number of para-hydroxylation sites is 1. The Morgan fingerprint density at radius 1 is 1.21 bits per heavy atom. The maximum atomic E-state index is 8.36. The van der Waals surface area contributed by atoms with E-state index in [1.807, 2.05) is 42.7 Å². The van der Waals surface area contributed by atoms with E-state index in [4.69, 9.17) is 28.8 Å². The number of aromatic nitrogens is 2. The van der Waals surface area contributed by atoms with Gasteiger partial charge < -0.3 is 28.6 Å². The SMILES string of the molecule is COc1cccc2c1OCC(n1ccnc1-c1ccc3c(c1)OCO3)C2.O=CO. The molecule has 0 bridgehead atoms. The maximum absolute atomic E-state index is 8.36. The lowest BCUT2D eigenvalue weighted by Gasteiger charge is -2.28. The second kappa shape index (κ2) is 8.14. The molecule has 0 saturated heterocycles. The fourth-order valence-electron chi connectivity index (χ4n) is 3.58. The van der Waals surface area contributed by atoms with Crippen LogP contribution in [0.4, 0.5) is 0 Å². The predicted molar refractivity (Wildman–Crippen MR) is 104 cm³/mol. The fourth-order valence-corrected chi connectivity index (χ4v) is 3.58. The Balaban J connectivity index is 0.000000645. The van der Waals surface area contributed by atoms with Crippen LogP contribution in [0.1, 0.15) is 11.6 Å². The molecule has 1 unspecified atom stereocenters. The third-order valence-corrected chi connectivity index (χ3v) is 4.85. The van der Waals surface area contributed by atoms with Gasteiger partial charge in [-0.2, -0.15) is 0 Å². The van der Waals surface area contributed by atoms with Crippen molar-refractivity contribution in [3.8, 4) is 34.4 Å². The van der Waals surface area contributed by atoms with Gasteiger partial charge in [-0.25, -0.2) is 4.98 Å². The van der Waals surface area contributed by atoms with Gasteiger partial charge in [-0.15, -0.1) is 0 Å². The first-order valence-corrected chi connectivity index (χ1v) is 9.04. The van der Waals surface area contributed by atoms with Gasteiger partial charge in [0.15, 0.2) is 23.0 Å². The first-order valence-electron chi connectivity index (χ1n) is 9.04. The van der Waals surface area contributed by atoms with E-state index in [-0.39, 0.29) is 19.3 Å². The summed E-state index contributed by atoms with van der Waals surface area (Å²) in [6.45, 7) is 0.587. The number of hydrogen-bond donors (Lipinski definition) is 1. The van der Waals surface area contributed by atoms with E-state index in [1.54, 1.807) is 7.11 Å². The minimum absolute atomic E-state index is 0.164. The van der Waals surface area contributed by atoms with Gasteiger partial charge in [-0.1, -0.05) is 12.1 Å². The van der Waals surface area contributed by atoms with Gasteiger partial charge in [0.1, 0.15) is 12.4 Å². The second-order valence-electron chi connectivity index (χ2n) is 6.45. The van der Waals surface area contributed by atoms with Crippen LogP contribution in [0.2, 0.25) is 0 Å². The van der Waals surface area contributed by atoms with Crippen molar-refractivity contribution in [1.29, 1.82) is 0 Å². The van der Waals surface area contributed by atoms with Crippen LogP contribution >= 0.6 is 0 Å². The summed E-state index contributed by atoms with van der Waals surface area (Å²) in [6.07, 6.45) is 4.68. The summed E-state index contributed by atoms with van der Waals surface area (Å²) >= 11 is 0. The third-order valence-electron chi connectivity index (χ3n) is 4.85. The molecule has 5 rings (SSSR count). The molecule has 8 heteroatoms. The van der Waals surface area contributed by atoms with Gasteiger partial charge in [0, 0.05) is 29.9 Å². The normalized spacial score (nSPS) is 16.1. The van der Waals surface area contributed by atoms with Gasteiger partial charge in [0.05, 0.1) is 13.2 Å². The van der Waals surface area contributed by atoms with Crippen molar-refractivity contribution in [2.75, 3.05) is 20.5 Å². The predicted octanol–water partition coefficient (Wildman–Crippen LogP) is 3.16. The molecular weight excluding hydrogens is 376 g/mol. The Kier molecular flexibility index (Phi) is 5.24. The van der Waals surface area contributed by atoms with E-state index in [0.29, 0.717) is 6.61 Å². The number of carbonyl (C=O) groups is 1. The number of hydrogen-bond acceptors (Lipinski definition) is 6. The number of ether oxygens (including phenoxy) is 4. The molecule has 2 aliphatic rings. The molecule has 0 saturated carbocycles. The summed E-state index contributed by atoms with van der Waals surface area (Å²) in [5.74, 6) is 4.04. The van der Waals surface area contributed by atoms with Crippen molar-refractivity contribution in [3.05, 3.63) is 54.4 Å². The summed E-state index contributed by atoms with van der Waals surface area (Å²) in [5.41, 5.74) is 2.14. The Bertz CT molecular complexity index is 1020. The highest BCUT2D eigenvalue weighted by Gasteiger charge is 2.26. The van der Waals surface area contributed by atoms with Crippen LogP contribution < -0.4 is 18.9 Å². The minimum atomic E-state index is -0.250.